The van der Waals surface area contributed by atoms with Gasteiger partial charge in [-0.3, -0.25) is 0 Å². The van der Waals surface area contributed by atoms with E-state index in [2.05, 4.69) is 27.4 Å². The van der Waals surface area contributed by atoms with E-state index >= 15 is 0 Å². The summed E-state index contributed by atoms with van der Waals surface area (Å²) in [6.45, 7) is 5.37. The van der Waals surface area contributed by atoms with E-state index in [0.717, 1.165) is 24.0 Å². The Hall–Kier alpha value is 0.130. The second-order valence-corrected chi connectivity index (χ2v) is 7.33. The molecule has 82 valence electrons. The van der Waals surface area contributed by atoms with Crippen LogP contribution in [0.2, 0.25) is 0 Å². The number of sulfone groups is 1. The molecule has 1 rings (SSSR count). The highest BCUT2D eigenvalue weighted by Crippen LogP contribution is 2.19. The Bertz CT molecular complexity index is 313. The highest BCUT2D eigenvalue weighted by molar-refractivity contribution is 9.11. The van der Waals surface area contributed by atoms with E-state index in [4.69, 9.17) is 0 Å². The molecule has 0 aromatic carbocycles. The molecular formula is C9H16BrNO2S. The molecule has 0 unspecified atom stereocenters. The molecule has 0 radical (unpaired) electrons. The van der Waals surface area contributed by atoms with Gasteiger partial charge < -0.3 is 4.90 Å². The van der Waals surface area contributed by atoms with Gasteiger partial charge in [-0.15, -0.1) is 0 Å². The van der Waals surface area contributed by atoms with Gasteiger partial charge in [0.2, 0.25) is 0 Å². The smallest absolute Gasteiger partial charge is 0.150 e. The first-order chi connectivity index (χ1) is 6.39. The third-order valence-corrected chi connectivity index (χ3v) is 4.43. The minimum atomic E-state index is -2.73. The number of rotatable bonds is 4. The predicted molar refractivity (Wildman–Crippen MR) is 62.3 cm³/mol. The van der Waals surface area contributed by atoms with Crippen molar-refractivity contribution in [1.82, 2.24) is 4.90 Å². The van der Waals surface area contributed by atoms with Crippen molar-refractivity contribution in [2.24, 2.45) is 5.92 Å². The Morgan fingerprint density at radius 1 is 1.64 bits per heavy atom. The van der Waals surface area contributed by atoms with Gasteiger partial charge in [0.05, 0.1) is 11.5 Å². The lowest BCUT2D eigenvalue weighted by Gasteiger charge is -2.19. The molecule has 0 aromatic rings. The Balaban J connectivity index is 2.36. The summed E-state index contributed by atoms with van der Waals surface area (Å²) in [6, 6.07) is 0. The quantitative estimate of drug-likeness (QED) is 0.779. The Labute approximate surface area is 94.2 Å². The lowest BCUT2D eigenvalue weighted by Crippen LogP contribution is -2.27. The molecule has 0 N–H and O–H groups in total. The molecule has 1 heterocycles. The van der Waals surface area contributed by atoms with Crippen LogP contribution in [0.1, 0.15) is 6.42 Å². The van der Waals surface area contributed by atoms with E-state index in [0.29, 0.717) is 17.4 Å². The van der Waals surface area contributed by atoms with Gasteiger partial charge in [-0.1, -0.05) is 22.5 Å². The van der Waals surface area contributed by atoms with Crippen molar-refractivity contribution in [3.63, 3.8) is 0 Å². The zero-order valence-electron chi connectivity index (χ0n) is 8.37. The van der Waals surface area contributed by atoms with Crippen molar-refractivity contribution >= 4 is 25.8 Å². The van der Waals surface area contributed by atoms with E-state index < -0.39 is 9.84 Å². The molecular weight excluding hydrogens is 266 g/mol. The first-order valence-electron chi connectivity index (χ1n) is 4.61. The number of halogens is 1. The van der Waals surface area contributed by atoms with Gasteiger partial charge in [0.25, 0.3) is 0 Å². The Kier molecular flexibility index (Phi) is 4.15. The summed E-state index contributed by atoms with van der Waals surface area (Å²) >= 11 is 3.29. The fourth-order valence-corrected chi connectivity index (χ4v) is 4.09. The summed E-state index contributed by atoms with van der Waals surface area (Å²) in [4.78, 5) is 2.10. The predicted octanol–water partition coefficient (Wildman–Crippen LogP) is 1.26. The van der Waals surface area contributed by atoms with Crippen molar-refractivity contribution < 1.29 is 8.42 Å². The van der Waals surface area contributed by atoms with Crippen LogP contribution in [-0.2, 0) is 9.84 Å². The Morgan fingerprint density at radius 2 is 2.29 bits per heavy atom. The maximum absolute atomic E-state index is 11.2. The maximum atomic E-state index is 11.2. The maximum Gasteiger partial charge on any atom is 0.150 e. The SMILES string of the molecule is C=C(Br)CN(C)C[C@@H]1CCS(=O)(=O)C1. The van der Waals surface area contributed by atoms with Crippen LogP contribution < -0.4 is 0 Å². The van der Waals surface area contributed by atoms with Crippen LogP contribution >= 0.6 is 15.9 Å². The van der Waals surface area contributed by atoms with Crippen LogP contribution in [0.15, 0.2) is 11.1 Å². The van der Waals surface area contributed by atoms with Gasteiger partial charge in [0.15, 0.2) is 9.84 Å². The van der Waals surface area contributed by atoms with Crippen molar-refractivity contribution in [3.05, 3.63) is 11.1 Å². The largest absolute Gasteiger partial charge is 0.301 e. The van der Waals surface area contributed by atoms with Gasteiger partial charge in [0, 0.05) is 17.6 Å². The molecule has 1 aliphatic heterocycles. The van der Waals surface area contributed by atoms with E-state index in [1.807, 2.05) is 7.05 Å². The third kappa shape index (κ3) is 4.11. The number of hydrogen-bond donors (Lipinski definition) is 0. The summed E-state index contributed by atoms with van der Waals surface area (Å²) in [5.74, 6) is 1.02. The zero-order valence-corrected chi connectivity index (χ0v) is 10.8. The molecule has 0 saturated carbocycles. The van der Waals surface area contributed by atoms with Crippen LogP contribution in [0.5, 0.6) is 0 Å². The molecule has 1 saturated heterocycles. The molecule has 3 nitrogen and oxygen atoms in total. The zero-order chi connectivity index (χ0) is 10.8. The molecule has 0 aromatic heterocycles. The molecule has 1 fully saturated rings. The van der Waals surface area contributed by atoms with Crippen molar-refractivity contribution in [2.75, 3.05) is 31.6 Å². The fourth-order valence-electron chi connectivity index (χ4n) is 1.81. The number of hydrogen-bond acceptors (Lipinski definition) is 3. The van der Waals surface area contributed by atoms with Crippen LogP contribution in [-0.4, -0.2) is 45.0 Å². The van der Waals surface area contributed by atoms with Crippen LogP contribution in [0.4, 0.5) is 0 Å². The summed E-state index contributed by atoms with van der Waals surface area (Å²) in [6.07, 6.45) is 0.807. The first kappa shape index (κ1) is 12.2. The topological polar surface area (TPSA) is 37.4 Å². The molecule has 0 spiro atoms. The van der Waals surface area contributed by atoms with Gasteiger partial charge in [-0.2, -0.15) is 0 Å². The summed E-state index contributed by atoms with van der Waals surface area (Å²) in [5.41, 5.74) is 0. The van der Waals surface area contributed by atoms with Crippen molar-refractivity contribution in [1.29, 1.82) is 0 Å². The molecule has 1 atom stereocenters. The van der Waals surface area contributed by atoms with Crippen molar-refractivity contribution in [2.45, 2.75) is 6.42 Å². The van der Waals surface area contributed by atoms with Crippen LogP contribution in [0.3, 0.4) is 0 Å². The minimum Gasteiger partial charge on any atom is -0.301 e. The van der Waals surface area contributed by atoms with E-state index in [-0.39, 0.29) is 0 Å². The van der Waals surface area contributed by atoms with Gasteiger partial charge in [0.1, 0.15) is 0 Å². The lowest BCUT2D eigenvalue weighted by atomic mass is 10.1. The van der Waals surface area contributed by atoms with E-state index in [9.17, 15) is 8.42 Å². The highest BCUT2D eigenvalue weighted by atomic mass is 79.9. The average molecular weight is 282 g/mol. The number of likely N-dealkylation sites (N-methyl/N-ethyl adjacent to an activating group) is 1. The molecule has 5 heteroatoms. The monoisotopic (exact) mass is 281 g/mol. The second kappa shape index (κ2) is 4.77. The second-order valence-electron chi connectivity index (χ2n) is 3.98. The molecule has 14 heavy (non-hydrogen) atoms. The molecule has 0 amide bonds. The third-order valence-electron chi connectivity index (χ3n) is 2.34. The highest BCUT2D eigenvalue weighted by Gasteiger charge is 2.28. The number of nitrogens with zero attached hydrogens (tertiary/aromatic N) is 1. The van der Waals surface area contributed by atoms with Gasteiger partial charge in [-0.05, 0) is 19.4 Å². The standard InChI is InChI=1S/C9H16BrNO2S/c1-8(10)5-11(2)6-9-3-4-14(12,13)7-9/h9H,1,3-7H2,2H3/t9-/m0/s1. The molecule has 0 aliphatic carbocycles. The van der Waals surface area contributed by atoms with E-state index in [1.54, 1.807) is 0 Å². The fraction of sp³-hybridized carbons (Fsp3) is 0.778. The molecule has 1 aliphatic rings. The van der Waals surface area contributed by atoms with Gasteiger partial charge >= 0.3 is 0 Å². The minimum absolute atomic E-state index is 0.303. The summed E-state index contributed by atoms with van der Waals surface area (Å²) in [7, 11) is -0.747. The summed E-state index contributed by atoms with van der Waals surface area (Å²) in [5, 5.41) is 0. The normalized spacial score (nSPS) is 25.5. The molecule has 0 bridgehead atoms. The lowest BCUT2D eigenvalue weighted by molar-refractivity contribution is 0.314. The summed E-state index contributed by atoms with van der Waals surface area (Å²) < 4.78 is 23.3. The van der Waals surface area contributed by atoms with E-state index in [1.165, 1.54) is 0 Å². The van der Waals surface area contributed by atoms with Crippen LogP contribution in [0.25, 0.3) is 0 Å². The van der Waals surface area contributed by atoms with Gasteiger partial charge in [-0.25, -0.2) is 8.42 Å². The Morgan fingerprint density at radius 3 is 2.71 bits per heavy atom. The average Bonchev–Trinajstić information content (AvgIpc) is 2.27. The van der Waals surface area contributed by atoms with Crippen molar-refractivity contribution in [3.8, 4) is 0 Å². The van der Waals surface area contributed by atoms with Crippen LogP contribution in [0, 0.1) is 5.92 Å². The first-order valence-corrected chi connectivity index (χ1v) is 7.23.